The number of rotatable bonds is 4. The van der Waals surface area contributed by atoms with Gasteiger partial charge in [-0.15, -0.1) is 0 Å². The van der Waals surface area contributed by atoms with Gasteiger partial charge in [0, 0.05) is 0 Å². The maximum Gasteiger partial charge on any atom is 0.0839 e. The molecule has 0 aliphatic carbocycles. The molecule has 2 aliphatic heterocycles. The average Bonchev–Trinajstić information content (AvgIpc) is 2.73. The van der Waals surface area contributed by atoms with Crippen molar-refractivity contribution in [2.75, 3.05) is 6.61 Å². The molecule has 3 unspecified atom stereocenters. The maximum atomic E-state index is 5.28. The molecule has 0 radical (unpaired) electrons. The second-order valence-corrected chi connectivity index (χ2v) is 3.27. The van der Waals surface area contributed by atoms with Crippen molar-refractivity contribution in [1.82, 2.24) is 0 Å². The molecule has 2 heteroatoms. The Balaban J connectivity index is 1.48. The predicted molar refractivity (Wildman–Crippen MR) is 37.9 cm³/mol. The second kappa shape index (κ2) is 2.51. The fourth-order valence-electron chi connectivity index (χ4n) is 1.31. The van der Waals surface area contributed by atoms with Crippen LogP contribution in [0.3, 0.4) is 0 Å². The Labute approximate surface area is 61.5 Å². The maximum absolute atomic E-state index is 5.28. The van der Waals surface area contributed by atoms with Gasteiger partial charge in [0.2, 0.25) is 0 Å². The number of epoxide rings is 2. The topological polar surface area (TPSA) is 25.1 Å². The first kappa shape index (κ1) is 6.62. The Bertz CT molecular complexity index is 120. The van der Waals surface area contributed by atoms with Crippen LogP contribution in [0.25, 0.3) is 0 Å². The van der Waals surface area contributed by atoms with Gasteiger partial charge in [-0.05, 0) is 26.2 Å². The Hall–Kier alpha value is -0.0800. The van der Waals surface area contributed by atoms with Crippen LogP contribution in [0.4, 0.5) is 0 Å². The van der Waals surface area contributed by atoms with Crippen molar-refractivity contribution >= 4 is 0 Å². The van der Waals surface area contributed by atoms with Crippen LogP contribution in [-0.2, 0) is 9.47 Å². The fourth-order valence-corrected chi connectivity index (χ4v) is 1.31. The summed E-state index contributed by atoms with van der Waals surface area (Å²) < 4.78 is 10.4. The molecule has 0 aromatic carbocycles. The van der Waals surface area contributed by atoms with Crippen LogP contribution < -0.4 is 0 Å². The van der Waals surface area contributed by atoms with Gasteiger partial charge in [0.25, 0.3) is 0 Å². The molecule has 0 amide bonds. The quantitative estimate of drug-likeness (QED) is 0.553. The van der Waals surface area contributed by atoms with Crippen molar-refractivity contribution in [1.29, 1.82) is 0 Å². The molecule has 2 fully saturated rings. The average molecular weight is 142 g/mol. The molecular weight excluding hydrogens is 128 g/mol. The Kier molecular flexibility index (Phi) is 1.66. The van der Waals surface area contributed by atoms with Crippen LogP contribution in [0.1, 0.15) is 26.2 Å². The van der Waals surface area contributed by atoms with Gasteiger partial charge in [-0.25, -0.2) is 0 Å². The van der Waals surface area contributed by atoms with E-state index in [1.54, 1.807) is 0 Å². The molecule has 0 spiro atoms. The van der Waals surface area contributed by atoms with E-state index in [0.29, 0.717) is 18.3 Å². The monoisotopic (exact) mass is 142 g/mol. The summed E-state index contributed by atoms with van der Waals surface area (Å²) in [5, 5.41) is 0. The molecule has 0 saturated carbocycles. The van der Waals surface area contributed by atoms with E-state index in [9.17, 15) is 0 Å². The summed E-state index contributed by atoms with van der Waals surface area (Å²) in [6, 6.07) is 0. The summed E-state index contributed by atoms with van der Waals surface area (Å²) in [5.41, 5.74) is 0. The van der Waals surface area contributed by atoms with Gasteiger partial charge in [0.05, 0.1) is 24.9 Å². The summed E-state index contributed by atoms with van der Waals surface area (Å²) in [6.45, 7) is 3.14. The van der Waals surface area contributed by atoms with Crippen LogP contribution >= 0.6 is 0 Å². The molecule has 3 atom stereocenters. The Morgan fingerprint density at radius 3 is 2.60 bits per heavy atom. The van der Waals surface area contributed by atoms with E-state index in [4.69, 9.17) is 9.47 Å². The highest BCUT2D eigenvalue weighted by atomic mass is 16.6. The van der Waals surface area contributed by atoms with Crippen LogP contribution in [0.2, 0.25) is 0 Å². The van der Waals surface area contributed by atoms with E-state index in [0.717, 1.165) is 6.61 Å². The van der Waals surface area contributed by atoms with E-state index in [1.807, 2.05) is 0 Å². The highest BCUT2D eigenvalue weighted by Crippen LogP contribution is 2.27. The normalized spacial score (nSPS) is 43.5. The number of hydrogen-bond donors (Lipinski definition) is 0. The molecule has 2 heterocycles. The Morgan fingerprint density at radius 1 is 1.40 bits per heavy atom. The SMILES string of the molecule is CC1OC1CCCC1CO1. The lowest BCUT2D eigenvalue weighted by atomic mass is 10.1. The molecule has 2 rings (SSSR count). The molecule has 2 saturated heterocycles. The molecule has 0 N–H and O–H groups in total. The van der Waals surface area contributed by atoms with Crippen LogP contribution in [-0.4, -0.2) is 24.9 Å². The summed E-state index contributed by atoms with van der Waals surface area (Å²) >= 11 is 0. The number of hydrogen-bond acceptors (Lipinski definition) is 2. The molecule has 58 valence electrons. The van der Waals surface area contributed by atoms with Gasteiger partial charge < -0.3 is 9.47 Å². The van der Waals surface area contributed by atoms with Crippen LogP contribution in [0, 0.1) is 0 Å². The largest absolute Gasteiger partial charge is 0.373 e. The van der Waals surface area contributed by atoms with Crippen molar-refractivity contribution in [2.24, 2.45) is 0 Å². The first-order valence-corrected chi connectivity index (χ1v) is 4.13. The minimum atomic E-state index is 0.542. The van der Waals surface area contributed by atoms with Crippen molar-refractivity contribution in [3.8, 4) is 0 Å². The van der Waals surface area contributed by atoms with Crippen molar-refractivity contribution in [3.05, 3.63) is 0 Å². The predicted octanol–water partition coefficient (Wildman–Crippen LogP) is 1.34. The van der Waals surface area contributed by atoms with Gasteiger partial charge in [-0.1, -0.05) is 0 Å². The summed E-state index contributed by atoms with van der Waals surface area (Å²) in [6.07, 6.45) is 5.49. The standard InChI is InChI=1S/C8H14O2/c1-6-8(10-6)4-2-3-7-5-9-7/h6-8H,2-5H2,1H3. The molecule has 10 heavy (non-hydrogen) atoms. The smallest absolute Gasteiger partial charge is 0.0839 e. The molecule has 2 aliphatic rings. The lowest BCUT2D eigenvalue weighted by Gasteiger charge is -1.91. The van der Waals surface area contributed by atoms with E-state index >= 15 is 0 Å². The van der Waals surface area contributed by atoms with Gasteiger partial charge in [0.15, 0.2) is 0 Å². The third-order valence-electron chi connectivity index (χ3n) is 2.25. The molecular formula is C8H14O2. The van der Waals surface area contributed by atoms with Crippen LogP contribution in [0.15, 0.2) is 0 Å². The van der Waals surface area contributed by atoms with Gasteiger partial charge in [-0.3, -0.25) is 0 Å². The zero-order valence-corrected chi connectivity index (χ0v) is 6.38. The zero-order valence-electron chi connectivity index (χ0n) is 6.38. The van der Waals surface area contributed by atoms with Crippen molar-refractivity contribution < 1.29 is 9.47 Å². The third-order valence-corrected chi connectivity index (χ3v) is 2.25. The summed E-state index contributed by atoms with van der Waals surface area (Å²) in [5.74, 6) is 0. The van der Waals surface area contributed by atoms with E-state index < -0.39 is 0 Å². The Morgan fingerprint density at radius 2 is 2.10 bits per heavy atom. The summed E-state index contributed by atoms with van der Waals surface area (Å²) in [4.78, 5) is 0. The lowest BCUT2D eigenvalue weighted by molar-refractivity contribution is 0.353. The van der Waals surface area contributed by atoms with Gasteiger partial charge in [-0.2, -0.15) is 0 Å². The summed E-state index contributed by atoms with van der Waals surface area (Å²) in [7, 11) is 0. The highest BCUT2D eigenvalue weighted by molar-refractivity contribution is 4.81. The fraction of sp³-hybridized carbons (Fsp3) is 1.00. The van der Waals surface area contributed by atoms with Gasteiger partial charge in [0.1, 0.15) is 0 Å². The molecule has 0 bridgehead atoms. The second-order valence-electron chi connectivity index (χ2n) is 3.27. The number of ether oxygens (including phenoxy) is 2. The molecule has 0 aromatic heterocycles. The van der Waals surface area contributed by atoms with Crippen molar-refractivity contribution in [2.45, 2.75) is 44.5 Å². The van der Waals surface area contributed by atoms with Gasteiger partial charge >= 0.3 is 0 Å². The minimum Gasteiger partial charge on any atom is -0.373 e. The first-order valence-electron chi connectivity index (χ1n) is 4.13. The molecule has 2 nitrogen and oxygen atoms in total. The van der Waals surface area contributed by atoms with E-state index in [-0.39, 0.29) is 0 Å². The minimum absolute atomic E-state index is 0.542. The first-order chi connectivity index (χ1) is 4.86. The third kappa shape index (κ3) is 1.70. The zero-order chi connectivity index (χ0) is 6.97. The highest BCUT2D eigenvalue weighted by Gasteiger charge is 2.33. The van der Waals surface area contributed by atoms with E-state index in [1.165, 1.54) is 19.3 Å². The van der Waals surface area contributed by atoms with Crippen LogP contribution in [0.5, 0.6) is 0 Å². The molecule has 0 aromatic rings. The van der Waals surface area contributed by atoms with E-state index in [2.05, 4.69) is 6.92 Å². The van der Waals surface area contributed by atoms with Crippen molar-refractivity contribution in [3.63, 3.8) is 0 Å². The lowest BCUT2D eigenvalue weighted by Crippen LogP contribution is -1.92.